The first-order valence-electron chi connectivity index (χ1n) is 24.2. The van der Waals surface area contributed by atoms with Gasteiger partial charge in [0.05, 0.1) is 11.3 Å². The van der Waals surface area contributed by atoms with Gasteiger partial charge in [0.1, 0.15) is 5.76 Å². The fourth-order valence-electron chi connectivity index (χ4n) is 8.87. The number of carbonyl (C=O) groups excluding carboxylic acids is 5. The summed E-state index contributed by atoms with van der Waals surface area (Å²) in [5.41, 5.74) is 7.88. The summed E-state index contributed by atoms with van der Waals surface area (Å²) in [5.74, 6) is 1.08. The fourth-order valence-corrected chi connectivity index (χ4v) is 22.2. The van der Waals surface area contributed by atoms with Crippen molar-refractivity contribution in [2.45, 2.75) is 136 Å². The van der Waals surface area contributed by atoms with Crippen LogP contribution in [0.3, 0.4) is 0 Å². The van der Waals surface area contributed by atoms with Crippen molar-refractivity contribution in [3.8, 4) is 0 Å². The first-order chi connectivity index (χ1) is 33.7. The molecule has 0 saturated heterocycles. The molecule has 0 aromatic heterocycles. The third-order valence-electron chi connectivity index (χ3n) is 11.9. The Morgan fingerprint density at radius 3 is 1.37 bits per heavy atom. The molecule has 0 bridgehead atoms. The van der Waals surface area contributed by atoms with Gasteiger partial charge in [0.2, 0.25) is 0 Å². The van der Waals surface area contributed by atoms with E-state index in [2.05, 4.69) is 32.9 Å². The molecule has 2 unspecified atom stereocenters. The first kappa shape index (κ1) is 59.5. The van der Waals surface area contributed by atoms with Crippen LogP contribution in [0.5, 0.6) is 0 Å². The molecule has 6 rings (SSSR count). The number of aryl methyl sites for hydroxylation is 6. The second kappa shape index (κ2) is 29.0. The van der Waals surface area contributed by atoms with Gasteiger partial charge < -0.3 is 10.2 Å². The van der Waals surface area contributed by atoms with Crippen molar-refractivity contribution in [1.82, 2.24) is 0 Å². The van der Waals surface area contributed by atoms with Gasteiger partial charge >= 0.3 is 149 Å². The predicted molar refractivity (Wildman–Crippen MR) is 290 cm³/mol. The topological polar surface area (TPSA) is 154 Å². The monoisotopic (exact) mass is 1240 g/mol. The van der Waals surface area contributed by atoms with Crippen molar-refractivity contribution < 1.29 is 42.2 Å². The van der Waals surface area contributed by atoms with Crippen LogP contribution in [0, 0.1) is 25.7 Å². The van der Waals surface area contributed by atoms with Gasteiger partial charge in [-0.2, -0.15) is 0 Å². The summed E-state index contributed by atoms with van der Waals surface area (Å²) in [6.07, 6.45) is 8.47. The molecule has 0 spiro atoms. The molecule has 15 heteroatoms. The van der Waals surface area contributed by atoms with Crippen LogP contribution in [0.4, 0.5) is 0 Å². The Morgan fingerprint density at radius 1 is 0.606 bits per heavy atom. The minimum absolute atomic E-state index is 0.0419. The third kappa shape index (κ3) is 18.4. The Kier molecular flexibility index (Phi) is 24.3. The van der Waals surface area contributed by atoms with E-state index in [4.69, 9.17) is 31.3 Å². The normalized spacial score (nSPS) is 15.7. The second-order valence-corrected chi connectivity index (χ2v) is 29.6. The summed E-state index contributed by atoms with van der Waals surface area (Å²) >= 11 is 10.1. The van der Waals surface area contributed by atoms with E-state index in [1.807, 2.05) is 81.4 Å². The molecule has 71 heavy (non-hydrogen) atoms. The molecule has 10 nitrogen and oxygen atoms in total. The maximum atomic E-state index is 13.1. The smallest absolute Gasteiger partial charge is 0.167 e. The number of Topliss-reactive ketones (excluding diaryl/α,β-unsaturated/α-hetero) is 1. The molecule has 4 aromatic carbocycles. The van der Waals surface area contributed by atoms with Gasteiger partial charge in [0.15, 0.2) is 11.6 Å². The number of aliphatic hydroxyl groups is 2. The number of rotatable bonds is 17. The molecule has 0 saturated carbocycles. The Hall–Kier alpha value is -4.09. The molecule has 4 aromatic rings. The molecule has 0 aliphatic heterocycles. The van der Waals surface area contributed by atoms with Gasteiger partial charge in [-0.25, -0.2) is 0 Å². The largest absolute Gasteiger partial charge is 0.512 e. The molecule has 2 atom stereocenters. The van der Waals surface area contributed by atoms with E-state index in [-0.39, 0.29) is 34.9 Å². The Morgan fingerprint density at radius 2 is 1.00 bits per heavy atom. The summed E-state index contributed by atoms with van der Waals surface area (Å²) in [4.78, 5) is 61.9. The van der Waals surface area contributed by atoms with Gasteiger partial charge in [0.25, 0.3) is 0 Å². The van der Waals surface area contributed by atoms with Crippen LogP contribution in [0.2, 0.25) is 10.0 Å². The van der Waals surface area contributed by atoms with Crippen LogP contribution in [0.1, 0.15) is 126 Å². The average Bonchev–Trinajstić information content (AvgIpc) is 3.29. The summed E-state index contributed by atoms with van der Waals surface area (Å²) < 4.78 is 17.0. The van der Waals surface area contributed by atoms with E-state index in [9.17, 15) is 34.2 Å². The minimum atomic E-state index is -5.17. The zero-order chi connectivity index (χ0) is 52.4. The van der Waals surface area contributed by atoms with E-state index in [1.165, 1.54) is 42.2 Å². The van der Waals surface area contributed by atoms with Crippen LogP contribution in [-0.2, 0) is 57.7 Å². The zero-order valence-electron chi connectivity index (χ0n) is 42.4. The minimum Gasteiger partial charge on any atom is -0.512 e. The van der Waals surface area contributed by atoms with Crippen LogP contribution in [0.25, 0.3) is 5.57 Å². The van der Waals surface area contributed by atoms with Gasteiger partial charge in [0, 0.05) is 51.6 Å². The molecule has 0 heterocycles. The van der Waals surface area contributed by atoms with E-state index in [0.29, 0.717) is 47.2 Å². The van der Waals surface area contributed by atoms with Crippen molar-refractivity contribution >= 4 is 107 Å². The molecular weight excluding hydrogens is 1170 g/mol. The number of benzene rings is 4. The number of ketones is 2. The molecule has 0 amide bonds. The standard InChI is InChI=1S/C25H29ClO2S.C14H15ClO2S.C11H15.3C2H4O2.Pb/c1-4-18-12-16(3)13-19(5-2)24(18)25-22(27)14-17(15-23(25)28)10-11-29-21-8-6-20(26)7-9-21;15-11-1-3-14(4-2-11)18-6-5-10-7-12(16)9-13(17)8-10;1-4-10-6-9(3)7-11(5-2)8-10;3*1-2(3)4;/h6-9,12-13,17,27H,4-5,10-11,14-15H2,1-3H3;1-4,9-10,16H,5-8H2;6-7H,4-5H2,1-3H3;3*1H3,(H,3,4);/q;;;;;;+3/p-3. The maximum Gasteiger partial charge on any atom is 0.167 e. The van der Waals surface area contributed by atoms with Crippen LogP contribution >= 0.6 is 46.7 Å². The van der Waals surface area contributed by atoms with Gasteiger partial charge in [-0.05, 0) is 121 Å². The molecule has 2 aliphatic rings. The van der Waals surface area contributed by atoms with Gasteiger partial charge in [-0.15, -0.1) is 23.5 Å². The molecule has 382 valence electrons. The molecule has 2 aliphatic carbocycles. The Balaban J connectivity index is 0.000000238. The van der Waals surface area contributed by atoms with Gasteiger partial charge in [-0.3, -0.25) is 9.59 Å². The van der Waals surface area contributed by atoms with Crippen LogP contribution < -0.4 is 3.12 Å². The summed E-state index contributed by atoms with van der Waals surface area (Å²) in [7, 11) is 0. The summed E-state index contributed by atoms with van der Waals surface area (Å²) in [6.45, 7) is 15.8. The van der Waals surface area contributed by atoms with Crippen molar-refractivity contribution in [2.24, 2.45) is 11.8 Å². The number of allylic oxidation sites excluding steroid dienone is 4. The van der Waals surface area contributed by atoms with E-state index in [1.54, 1.807) is 23.5 Å². The summed E-state index contributed by atoms with van der Waals surface area (Å²) in [6, 6.07) is 23.8. The summed E-state index contributed by atoms with van der Waals surface area (Å²) in [5, 5.41) is 21.8. The van der Waals surface area contributed by atoms with Crippen molar-refractivity contribution in [2.75, 3.05) is 11.5 Å². The van der Waals surface area contributed by atoms with Gasteiger partial charge in [-0.1, -0.05) is 54.7 Å². The third-order valence-corrected chi connectivity index (χ3v) is 25.8. The van der Waals surface area contributed by atoms with E-state index < -0.39 is 40.4 Å². The molecule has 2 N–H and O–H groups in total. The van der Waals surface area contributed by atoms with E-state index >= 15 is 0 Å². The number of hydrogen-bond donors (Lipinski definition) is 2. The van der Waals surface area contributed by atoms with Crippen molar-refractivity contribution in [3.63, 3.8) is 0 Å². The molecular formula is C56H68Cl2O10PbS2. The number of thioether (sulfide) groups is 2. The number of aliphatic hydroxyl groups excluding tert-OH is 2. The maximum absolute atomic E-state index is 13.1. The second-order valence-electron chi connectivity index (χ2n) is 17.7. The first-order valence-corrected chi connectivity index (χ1v) is 33.6. The Labute approximate surface area is 445 Å². The number of carbonyl (C=O) groups is 5. The zero-order valence-corrected chi connectivity index (χ0v) is 49.4. The number of halogens is 2. The quantitative estimate of drug-likeness (QED) is 0.0764. The molecule has 0 radical (unpaired) electrons. The van der Waals surface area contributed by atoms with Crippen molar-refractivity contribution in [1.29, 1.82) is 0 Å². The molecule has 0 fully saturated rings. The fraction of sp³-hybridized carbons (Fsp3) is 0.411. The van der Waals surface area contributed by atoms with E-state index in [0.717, 1.165) is 80.6 Å². The number of hydrogen-bond acceptors (Lipinski definition) is 12. The average molecular weight is 1240 g/mol. The SMILES string of the molecule is CCc1cc(C)cc(CC)[c]1[Pb]([O]C(C)=O)([O]C(C)=O)[O]C(C)=O.CCc1cc(C)cc(CC)c1C1=C(O)CC(CCSc2ccc(Cl)cc2)CC1=O.O=C1C=C(O)CC(CCSc2ccc(Cl)cc2)C1. The van der Waals surface area contributed by atoms with Crippen molar-refractivity contribution in [3.05, 3.63) is 139 Å². The Bertz CT molecular complexity index is 2480. The predicted octanol–water partition coefficient (Wildman–Crippen LogP) is 13.4. The van der Waals surface area contributed by atoms with Crippen LogP contribution in [-0.4, -0.2) is 73.7 Å². The van der Waals surface area contributed by atoms with Crippen LogP contribution in [0.15, 0.2) is 100 Å².